The minimum atomic E-state index is -0.906. The third-order valence-electron chi connectivity index (χ3n) is 2.17. The van der Waals surface area contributed by atoms with Crippen molar-refractivity contribution in [3.63, 3.8) is 0 Å². The first-order valence-corrected chi connectivity index (χ1v) is 5.48. The summed E-state index contributed by atoms with van der Waals surface area (Å²) in [6, 6.07) is 0.904. The van der Waals surface area contributed by atoms with Gasteiger partial charge in [0, 0.05) is 6.07 Å². The van der Waals surface area contributed by atoms with Gasteiger partial charge < -0.3 is 15.2 Å². The van der Waals surface area contributed by atoms with E-state index in [9.17, 15) is 4.79 Å². The van der Waals surface area contributed by atoms with Crippen LogP contribution in [0.25, 0.3) is 0 Å². The summed E-state index contributed by atoms with van der Waals surface area (Å²) in [6.07, 6.45) is 1.34. The smallest absolute Gasteiger partial charge is 0.326 e. The van der Waals surface area contributed by atoms with E-state index in [2.05, 4.69) is 15.3 Å². The number of aromatic nitrogens is 2. The Morgan fingerprint density at radius 3 is 2.76 bits per heavy atom. The number of hydrogen-bond donors (Lipinski definition) is 2. The molecule has 0 saturated heterocycles. The fraction of sp³-hybridized carbons (Fsp3) is 0.545. The maximum absolute atomic E-state index is 11.0. The van der Waals surface area contributed by atoms with Crippen LogP contribution in [0, 0.1) is 5.92 Å². The van der Waals surface area contributed by atoms with Gasteiger partial charge in [-0.2, -0.15) is 0 Å². The molecule has 6 nitrogen and oxygen atoms in total. The minimum Gasteiger partial charge on any atom is -0.480 e. The predicted molar refractivity (Wildman–Crippen MR) is 63.1 cm³/mol. The molecule has 6 heteroatoms. The van der Waals surface area contributed by atoms with E-state index in [-0.39, 0.29) is 5.92 Å². The molecule has 1 aromatic rings. The Balaban J connectivity index is 2.78. The zero-order chi connectivity index (χ0) is 12.8. The first-order valence-electron chi connectivity index (χ1n) is 5.48. The highest BCUT2D eigenvalue weighted by molar-refractivity contribution is 5.77. The number of carboxylic acids is 1. The molecule has 0 aliphatic rings. The Kier molecular flexibility index (Phi) is 4.68. The van der Waals surface area contributed by atoms with Crippen LogP contribution < -0.4 is 10.1 Å². The lowest BCUT2D eigenvalue weighted by atomic mass is 10.1. The second-order valence-electron chi connectivity index (χ2n) is 3.88. The van der Waals surface area contributed by atoms with Gasteiger partial charge in [-0.15, -0.1) is 0 Å². The molecule has 1 atom stereocenters. The zero-order valence-electron chi connectivity index (χ0n) is 10.2. The second-order valence-corrected chi connectivity index (χ2v) is 3.88. The summed E-state index contributed by atoms with van der Waals surface area (Å²) in [6.45, 7) is 6.01. The number of nitrogens with one attached hydrogen (secondary N) is 1. The van der Waals surface area contributed by atoms with Crippen LogP contribution in [-0.2, 0) is 4.79 Å². The van der Waals surface area contributed by atoms with Crippen LogP contribution in [0.5, 0.6) is 5.88 Å². The normalized spacial score (nSPS) is 12.2. The zero-order valence-corrected chi connectivity index (χ0v) is 10.2. The topological polar surface area (TPSA) is 84.3 Å². The summed E-state index contributed by atoms with van der Waals surface area (Å²) in [7, 11) is 0. The number of carboxylic acid groups (broad SMARTS) is 1. The van der Waals surface area contributed by atoms with Gasteiger partial charge in [0.05, 0.1) is 6.61 Å². The van der Waals surface area contributed by atoms with E-state index >= 15 is 0 Å². The Labute approximate surface area is 100 Å². The number of nitrogens with zero attached hydrogens (tertiary/aromatic N) is 2. The molecule has 1 heterocycles. The number of hydrogen-bond acceptors (Lipinski definition) is 5. The maximum atomic E-state index is 11.0. The van der Waals surface area contributed by atoms with Gasteiger partial charge in [0.15, 0.2) is 0 Å². The van der Waals surface area contributed by atoms with Gasteiger partial charge in [-0.1, -0.05) is 13.8 Å². The number of aliphatic carboxylic acids is 1. The van der Waals surface area contributed by atoms with Crippen LogP contribution in [0.1, 0.15) is 20.8 Å². The Bertz CT molecular complexity index is 382. The number of carbonyl (C=O) groups is 1. The van der Waals surface area contributed by atoms with Crippen LogP contribution >= 0.6 is 0 Å². The third-order valence-corrected chi connectivity index (χ3v) is 2.17. The highest BCUT2D eigenvalue weighted by Gasteiger charge is 2.21. The van der Waals surface area contributed by atoms with Crippen molar-refractivity contribution in [2.45, 2.75) is 26.8 Å². The molecule has 1 rings (SSSR count). The van der Waals surface area contributed by atoms with E-state index < -0.39 is 12.0 Å². The van der Waals surface area contributed by atoms with Crippen molar-refractivity contribution in [1.82, 2.24) is 9.97 Å². The van der Waals surface area contributed by atoms with Crippen LogP contribution in [0.15, 0.2) is 12.4 Å². The SMILES string of the molecule is CCOc1cc(N[C@H](C(=O)O)C(C)C)ncn1. The van der Waals surface area contributed by atoms with E-state index in [4.69, 9.17) is 9.84 Å². The van der Waals surface area contributed by atoms with Crippen LogP contribution in [0.3, 0.4) is 0 Å². The lowest BCUT2D eigenvalue weighted by molar-refractivity contribution is -0.138. The van der Waals surface area contributed by atoms with Crippen molar-refractivity contribution < 1.29 is 14.6 Å². The van der Waals surface area contributed by atoms with Crippen molar-refractivity contribution in [2.24, 2.45) is 5.92 Å². The molecular weight excluding hydrogens is 222 g/mol. The predicted octanol–water partition coefficient (Wildman–Crippen LogP) is 1.40. The van der Waals surface area contributed by atoms with E-state index in [1.54, 1.807) is 6.07 Å². The van der Waals surface area contributed by atoms with Gasteiger partial charge in [0.1, 0.15) is 18.2 Å². The van der Waals surface area contributed by atoms with Gasteiger partial charge in [0.2, 0.25) is 5.88 Å². The van der Waals surface area contributed by atoms with E-state index in [0.29, 0.717) is 18.3 Å². The molecular formula is C11H17N3O3. The van der Waals surface area contributed by atoms with Crippen LogP contribution in [0.4, 0.5) is 5.82 Å². The van der Waals surface area contributed by atoms with Gasteiger partial charge >= 0.3 is 5.97 Å². The van der Waals surface area contributed by atoms with Crippen LogP contribution in [-0.4, -0.2) is 33.7 Å². The average Bonchev–Trinajstić information content (AvgIpc) is 2.26. The fourth-order valence-corrected chi connectivity index (χ4v) is 1.32. The fourth-order valence-electron chi connectivity index (χ4n) is 1.32. The lowest BCUT2D eigenvalue weighted by Gasteiger charge is -2.18. The Morgan fingerprint density at radius 2 is 2.24 bits per heavy atom. The van der Waals surface area contributed by atoms with Crippen molar-refractivity contribution >= 4 is 11.8 Å². The number of ether oxygens (including phenoxy) is 1. The molecule has 0 aliphatic carbocycles. The van der Waals surface area contributed by atoms with E-state index in [1.165, 1.54) is 6.33 Å². The third kappa shape index (κ3) is 3.90. The summed E-state index contributed by atoms with van der Waals surface area (Å²) in [5.41, 5.74) is 0. The lowest BCUT2D eigenvalue weighted by Crippen LogP contribution is -2.34. The maximum Gasteiger partial charge on any atom is 0.326 e. The van der Waals surface area contributed by atoms with Gasteiger partial charge in [-0.25, -0.2) is 14.8 Å². The van der Waals surface area contributed by atoms with Crippen molar-refractivity contribution in [1.29, 1.82) is 0 Å². The molecule has 1 aromatic heterocycles. The van der Waals surface area contributed by atoms with Crippen molar-refractivity contribution in [3.8, 4) is 5.88 Å². The highest BCUT2D eigenvalue weighted by atomic mass is 16.5. The van der Waals surface area contributed by atoms with Crippen molar-refractivity contribution in [2.75, 3.05) is 11.9 Å². The van der Waals surface area contributed by atoms with Gasteiger partial charge in [-0.05, 0) is 12.8 Å². The Morgan fingerprint density at radius 1 is 1.53 bits per heavy atom. The van der Waals surface area contributed by atoms with Gasteiger partial charge in [0.25, 0.3) is 0 Å². The molecule has 0 amide bonds. The summed E-state index contributed by atoms with van der Waals surface area (Å²) >= 11 is 0. The summed E-state index contributed by atoms with van der Waals surface area (Å²) in [5.74, 6) is -0.0722. The largest absolute Gasteiger partial charge is 0.480 e. The second kappa shape index (κ2) is 6.03. The van der Waals surface area contributed by atoms with E-state index in [1.807, 2.05) is 20.8 Å². The molecule has 0 fully saturated rings. The molecule has 0 aromatic carbocycles. The molecule has 0 bridgehead atoms. The first kappa shape index (κ1) is 13.2. The Hall–Kier alpha value is -1.85. The number of rotatable bonds is 6. The molecule has 0 aliphatic heterocycles. The number of anilines is 1. The summed E-state index contributed by atoms with van der Waals surface area (Å²) < 4.78 is 5.21. The first-order chi connectivity index (χ1) is 8.04. The average molecular weight is 239 g/mol. The van der Waals surface area contributed by atoms with Gasteiger partial charge in [-0.3, -0.25) is 0 Å². The molecule has 94 valence electrons. The van der Waals surface area contributed by atoms with Crippen LogP contribution in [0.2, 0.25) is 0 Å². The standard InChI is InChI=1S/C11H17N3O3/c1-4-17-9-5-8(12-6-13-9)14-10(7(2)3)11(15)16/h5-7,10H,4H2,1-3H3,(H,15,16)(H,12,13,14)/t10-/m0/s1. The summed E-state index contributed by atoms with van der Waals surface area (Å²) in [4.78, 5) is 18.9. The molecule has 0 spiro atoms. The molecule has 0 unspecified atom stereocenters. The molecule has 2 N–H and O–H groups in total. The highest BCUT2D eigenvalue weighted by Crippen LogP contribution is 2.14. The molecule has 17 heavy (non-hydrogen) atoms. The quantitative estimate of drug-likeness (QED) is 0.780. The monoisotopic (exact) mass is 239 g/mol. The van der Waals surface area contributed by atoms with Crippen molar-refractivity contribution in [3.05, 3.63) is 12.4 Å². The minimum absolute atomic E-state index is 0.0435. The van der Waals surface area contributed by atoms with E-state index in [0.717, 1.165) is 0 Å². The summed E-state index contributed by atoms with van der Waals surface area (Å²) in [5, 5.41) is 11.9. The molecule has 0 radical (unpaired) electrons. The molecule has 0 saturated carbocycles.